The third-order valence-corrected chi connectivity index (χ3v) is 5.37. The maximum atomic E-state index is 4.53. The van der Waals surface area contributed by atoms with Crippen molar-refractivity contribution in [1.29, 1.82) is 0 Å². The lowest BCUT2D eigenvalue weighted by Gasteiger charge is -2.23. The molecule has 1 atom stereocenters. The number of nitrogens with zero attached hydrogens (tertiary/aromatic N) is 1. The summed E-state index contributed by atoms with van der Waals surface area (Å²) >= 11 is 1.81. The normalized spacial score (nSPS) is 18.4. The first-order chi connectivity index (χ1) is 11.3. The summed E-state index contributed by atoms with van der Waals surface area (Å²) in [5.74, 6) is 0.923. The molecule has 1 aliphatic carbocycles. The van der Waals surface area contributed by atoms with Crippen LogP contribution in [0.1, 0.15) is 28.3 Å². The minimum Gasteiger partial charge on any atom is -0.355 e. The first kappa shape index (κ1) is 17.6. The molecule has 0 saturated heterocycles. The van der Waals surface area contributed by atoms with Gasteiger partial charge in [0.25, 0.3) is 0 Å². The van der Waals surface area contributed by atoms with Crippen molar-refractivity contribution in [3.8, 4) is 0 Å². The summed E-state index contributed by atoms with van der Waals surface area (Å²) in [5.41, 5.74) is 5.64. The molecule has 0 bridgehead atoms. The van der Waals surface area contributed by atoms with Crippen LogP contribution in [0.25, 0.3) is 0 Å². The molecule has 126 valence electrons. The lowest BCUT2D eigenvalue weighted by atomic mass is 9.95. The molecule has 0 radical (unpaired) electrons. The minimum absolute atomic E-state index is 0. The number of fused-ring (bicyclic) bond motifs is 2. The van der Waals surface area contributed by atoms with Crippen LogP contribution in [0, 0.1) is 0 Å². The third-order valence-electron chi connectivity index (χ3n) is 4.65. The van der Waals surface area contributed by atoms with E-state index >= 15 is 0 Å². The van der Waals surface area contributed by atoms with Crippen LogP contribution in [0.4, 0.5) is 0 Å². The molecule has 1 unspecified atom stereocenters. The van der Waals surface area contributed by atoms with E-state index in [0.717, 1.165) is 31.9 Å². The maximum absolute atomic E-state index is 4.53. The molecule has 0 spiro atoms. The highest BCUT2D eigenvalue weighted by atomic mass is 127. The van der Waals surface area contributed by atoms with Gasteiger partial charge in [-0.25, -0.2) is 0 Å². The van der Waals surface area contributed by atoms with E-state index in [4.69, 9.17) is 0 Å². The molecule has 5 heteroatoms. The second-order valence-electron chi connectivity index (χ2n) is 6.00. The molecule has 0 aromatic heterocycles. The van der Waals surface area contributed by atoms with Crippen molar-refractivity contribution < 1.29 is 0 Å². The smallest absolute Gasteiger partial charge is 0.192 e. The number of halogens is 1. The number of guanidine groups is 1. The zero-order chi connectivity index (χ0) is 15.6. The molecule has 2 aromatic rings. The van der Waals surface area contributed by atoms with Gasteiger partial charge < -0.3 is 10.6 Å². The monoisotopic (exact) mass is 451 g/mol. The zero-order valence-electron chi connectivity index (χ0n) is 13.7. The molecule has 2 N–H and O–H groups in total. The van der Waals surface area contributed by atoms with E-state index in [9.17, 15) is 0 Å². The summed E-state index contributed by atoms with van der Waals surface area (Å²) in [7, 11) is 0. The molecular formula is C19H22IN3S. The molecule has 0 saturated carbocycles. The molecule has 1 heterocycles. The first-order valence-corrected chi connectivity index (χ1v) is 9.37. The van der Waals surface area contributed by atoms with E-state index < -0.39 is 0 Å². The highest BCUT2D eigenvalue weighted by Crippen LogP contribution is 2.34. The predicted molar refractivity (Wildman–Crippen MR) is 113 cm³/mol. The van der Waals surface area contributed by atoms with Crippen LogP contribution in [-0.4, -0.2) is 25.3 Å². The summed E-state index contributed by atoms with van der Waals surface area (Å²) in [6.07, 6.45) is 4.33. The van der Waals surface area contributed by atoms with Crippen LogP contribution < -0.4 is 10.6 Å². The Morgan fingerprint density at radius 2 is 1.88 bits per heavy atom. The van der Waals surface area contributed by atoms with Gasteiger partial charge in [-0.3, -0.25) is 4.99 Å². The van der Waals surface area contributed by atoms with Crippen molar-refractivity contribution in [2.75, 3.05) is 19.3 Å². The number of hydrogen-bond donors (Lipinski definition) is 2. The second-order valence-corrected chi connectivity index (χ2v) is 6.88. The zero-order valence-corrected chi connectivity index (χ0v) is 16.9. The fourth-order valence-electron chi connectivity index (χ4n) is 3.47. The van der Waals surface area contributed by atoms with E-state index in [2.05, 4.69) is 64.3 Å². The highest BCUT2D eigenvalue weighted by Gasteiger charge is 2.25. The quantitative estimate of drug-likeness (QED) is 0.540. The molecule has 2 aromatic carbocycles. The predicted octanol–water partition coefficient (Wildman–Crippen LogP) is 3.76. The van der Waals surface area contributed by atoms with Gasteiger partial charge in [0.05, 0.1) is 12.6 Å². The molecule has 1 aliphatic heterocycles. The van der Waals surface area contributed by atoms with E-state index in [0.29, 0.717) is 0 Å². The average molecular weight is 451 g/mol. The van der Waals surface area contributed by atoms with Gasteiger partial charge in [-0.05, 0) is 53.5 Å². The number of thioether (sulfide) groups is 1. The summed E-state index contributed by atoms with van der Waals surface area (Å²) < 4.78 is 0. The number of hydrogen-bond acceptors (Lipinski definition) is 4. The topological polar surface area (TPSA) is 36.4 Å². The van der Waals surface area contributed by atoms with Crippen LogP contribution in [0.3, 0.4) is 0 Å². The summed E-state index contributed by atoms with van der Waals surface area (Å²) in [5, 5.41) is 6.98. The van der Waals surface area contributed by atoms with Crippen molar-refractivity contribution in [3.05, 3.63) is 64.7 Å². The van der Waals surface area contributed by atoms with Crippen molar-refractivity contribution in [3.63, 3.8) is 0 Å². The molecule has 3 nitrogen and oxygen atoms in total. The van der Waals surface area contributed by atoms with Crippen LogP contribution in [0.15, 0.2) is 52.4 Å². The Labute approximate surface area is 164 Å². The van der Waals surface area contributed by atoms with Crippen molar-refractivity contribution in [2.24, 2.45) is 4.99 Å². The van der Waals surface area contributed by atoms with Crippen LogP contribution in [0.2, 0.25) is 0 Å². The van der Waals surface area contributed by atoms with Gasteiger partial charge in [-0.1, -0.05) is 30.3 Å². The molecular weight excluding hydrogens is 429 g/mol. The Balaban J connectivity index is 0.00000169. The second kappa shape index (κ2) is 7.78. The van der Waals surface area contributed by atoms with Crippen LogP contribution in [-0.2, 0) is 12.8 Å². The lowest BCUT2D eigenvalue weighted by molar-refractivity contribution is 0.738. The SMILES string of the molecule is CSc1ccc2c(c1)CCc1ccccc1C2NC1=NCCN1.I. The van der Waals surface area contributed by atoms with Crippen molar-refractivity contribution in [1.82, 2.24) is 10.6 Å². The Bertz CT molecular complexity index is 760. The number of benzene rings is 2. The van der Waals surface area contributed by atoms with E-state index in [-0.39, 0.29) is 30.0 Å². The Kier molecular flexibility index (Phi) is 5.71. The van der Waals surface area contributed by atoms with Gasteiger partial charge in [-0.2, -0.15) is 0 Å². The Morgan fingerprint density at radius 1 is 1.08 bits per heavy atom. The van der Waals surface area contributed by atoms with E-state index in [1.165, 1.54) is 27.1 Å². The van der Waals surface area contributed by atoms with Crippen molar-refractivity contribution >= 4 is 41.7 Å². The molecule has 4 rings (SSSR count). The van der Waals surface area contributed by atoms with Crippen LogP contribution >= 0.6 is 35.7 Å². The maximum Gasteiger partial charge on any atom is 0.192 e. The van der Waals surface area contributed by atoms with Gasteiger partial charge in [0.15, 0.2) is 5.96 Å². The average Bonchev–Trinajstić information content (AvgIpc) is 3.06. The number of nitrogens with one attached hydrogen (secondary N) is 2. The highest BCUT2D eigenvalue weighted by molar-refractivity contribution is 14.0. The number of aryl methyl sites for hydroxylation is 2. The molecule has 0 fully saturated rings. The minimum atomic E-state index is 0. The van der Waals surface area contributed by atoms with Gasteiger partial charge in [0.1, 0.15) is 0 Å². The third kappa shape index (κ3) is 3.42. The Hall–Kier alpha value is -1.21. The molecule has 2 aliphatic rings. The summed E-state index contributed by atoms with van der Waals surface area (Å²) in [6, 6.07) is 15.8. The molecule has 0 amide bonds. The van der Waals surface area contributed by atoms with E-state index in [1.54, 1.807) is 0 Å². The fraction of sp³-hybridized carbons (Fsp3) is 0.316. The lowest BCUT2D eigenvalue weighted by Crippen LogP contribution is -2.37. The van der Waals surface area contributed by atoms with Gasteiger partial charge in [0, 0.05) is 11.4 Å². The summed E-state index contributed by atoms with van der Waals surface area (Å²) in [6.45, 7) is 1.78. The first-order valence-electron chi connectivity index (χ1n) is 8.14. The Morgan fingerprint density at radius 3 is 2.67 bits per heavy atom. The van der Waals surface area contributed by atoms with Crippen LogP contribution in [0.5, 0.6) is 0 Å². The van der Waals surface area contributed by atoms with Gasteiger partial charge in [-0.15, -0.1) is 35.7 Å². The van der Waals surface area contributed by atoms with Gasteiger partial charge >= 0.3 is 0 Å². The molecule has 24 heavy (non-hydrogen) atoms. The van der Waals surface area contributed by atoms with Crippen molar-refractivity contribution in [2.45, 2.75) is 23.8 Å². The number of rotatable bonds is 2. The number of aliphatic imine (C=N–C) groups is 1. The summed E-state index contributed by atoms with van der Waals surface area (Å²) in [4.78, 5) is 5.87. The largest absolute Gasteiger partial charge is 0.355 e. The standard InChI is InChI=1S/C19H21N3S.HI/c1-23-15-8-9-17-14(12-15)7-6-13-4-2-3-5-16(13)18(17)22-19-20-10-11-21-19;/h2-5,8-9,12,18H,6-7,10-11H2,1H3,(H2,20,21,22);1H. The van der Waals surface area contributed by atoms with Gasteiger partial charge in [0.2, 0.25) is 0 Å². The fourth-order valence-corrected chi connectivity index (χ4v) is 3.94. The van der Waals surface area contributed by atoms with E-state index in [1.807, 2.05) is 11.8 Å².